The average molecular weight is 519 g/mol. The summed E-state index contributed by atoms with van der Waals surface area (Å²) in [5.41, 5.74) is 3.62. The van der Waals surface area contributed by atoms with Gasteiger partial charge in [-0.3, -0.25) is 14.8 Å². The first-order valence-electron chi connectivity index (χ1n) is 14.0. The molecule has 2 N–H and O–H groups in total. The SMILES string of the molecule is CN[C@]12CC3[C@@H](C=C4C(=[N+](O)c5cc(-c6ccc7ccccc7c6)ccc54)C3(C)C)C(=O)N3CCCC31C2=O. The molecule has 1 spiro atoms. The van der Waals surface area contributed by atoms with Crippen LogP contribution in [-0.4, -0.2) is 56.9 Å². The third kappa shape index (κ3) is 2.59. The van der Waals surface area contributed by atoms with Gasteiger partial charge in [0.15, 0.2) is 5.78 Å². The number of carbonyl (C=O) groups excluding carboxylic acids is 2. The lowest BCUT2D eigenvalue weighted by Crippen LogP contribution is -2.49. The van der Waals surface area contributed by atoms with E-state index >= 15 is 0 Å². The van der Waals surface area contributed by atoms with Crippen molar-refractivity contribution in [1.29, 1.82) is 0 Å². The quantitative estimate of drug-likeness (QED) is 0.372. The molecule has 3 aromatic carbocycles. The van der Waals surface area contributed by atoms with Gasteiger partial charge in [-0.05, 0) is 80.1 Å². The summed E-state index contributed by atoms with van der Waals surface area (Å²) in [6, 6.07) is 21.0. The number of benzene rings is 3. The second kappa shape index (κ2) is 7.24. The van der Waals surface area contributed by atoms with E-state index in [4.69, 9.17) is 0 Å². The van der Waals surface area contributed by atoms with E-state index in [1.165, 1.54) is 15.5 Å². The molecular weight excluding hydrogens is 486 g/mol. The molecule has 3 fully saturated rings. The summed E-state index contributed by atoms with van der Waals surface area (Å²) in [5.74, 6) is -0.230. The van der Waals surface area contributed by atoms with E-state index in [0.717, 1.165) is 46.5 Å². The van der Waals surface area contributed by atoms with Gasteiger partial charge in [-0.1, -0.05) is 48.5 Å². The number of likely N-dealkylation sites (N-methyl/N-ethyl adjacent to an activating group) is 1. The Bertz CT molecular complexity index is 1720. The molecule has 0 aromatic heterocycles. The first-order chi connectivity index (χ1) is 18.7. The zero-order chi connectivity index (χ0) is 26.9. The summed E-state index contributed by atoms with van der Waals surface area (Å²) in [6.45, 7) is 4.88. The van der Waals surface area contributed by atoms with E-state index in [1.807, 2.05) is 30.1 Å². The van der Waals surface area contributed by atoms with Gasteiger partial charge in [-0.2, -0.15) is 0 Å². The normalized spacial score (nSPS) is 31.8. The molecule has 3 heterocycles. The molecule has 1 amide bonds. The maximum absolute atomic E-state index is 14.1. The molecular formula is C33H32N3O3+. The van der Waals surface area contributed by atoms with Crippen LogP contribution in [0.3, 0.4) is 0 Å². The van der Waals surface area contributed by atoms with Crippen molar-refractivity contribution in [2.75, 3.05) is 13.6 Å². The summed E-state index contributed by atoms with van der Waals surface area (Å²) in [4.78, 5) is 29.5. The average Bonchev–Trinajstić information content (AvgIpc) is 3.21. The van der Waals surface area contributed by atoms with Crippen LogP contribution in [0.25, 0.3) is 27.5 Å². The number of hydrogen-bond acceptors (Lipinski definition) is 4. The fourth-order valence-corrected chi connectivity index (χ4v) is 8.64. The molecule has 196 valence electrons. The topological polar surface area (TPSA) is 72.7 Å². The molecule has 5 aliphatic rings. The van der Waals surface area contributed by atoms with Crippen LogP contribution in [0.5, 0.6) is 0 Å². The largest absolute Gasteiger partial charge is 0.327 e. The molecule has 8 rings (SSSR count). The molecule has 1 saturated carbocycles. The molecule has 2 aliphatic carbocycles. The number of ketones is 1. The lowest BCUT2D eigenvalue weighted by molar-refractivity contribution is -0.712. The molecule has 4 atom stereocenters. The fraction of sp³-hybridized carbons (Fsp3) is 0.364. The maximum atomic E-state index is 14.1. The van der Waals surface area contributed by atoms with Crippen LogP contribution in [0.15, 0.2) is 66.7 Å². The molecule has 2 unspecified atom stereocenters. The Labute approximate surface area is 227 Å². The predicted octanol–water partition coefficient (Wildman–Crippen LogP) is 4.96. The Kier molecular flexibility index (Phi) is 4.30. The van der Waals surface area contributed by atoms with Gasteiger partial charge in [0.2, 0.25) is 11.6 Å². The Balaban J connectivity index is 1.27. The van der Waals surface area contributed by atoms with Crippen molar-refractivity contribution in [2.45, 2.75) is 44.2 Å². The number of rotatable bonds is 2. The summed E-state index contributed by atoms with van der Waals surface area (Å²) >= 11 is 0. The number of Topliss-reactive ketones (excluding diaryl/α,β-unsaturated/α-hetero) is 1. The van der Waals surface area contributed by atoms with E-state index in [1.54, 1.807) is 0 Å². The molecule has 6 nitrogen and oxygen atoms in total. The standard InChI is InChI=1S/C33H32N3O3/c1-31(2)26-18-32(34-3)30(38)33(32)13-6-14-35(33)29(37)25(26)17-24-23-12-11-22(16-27(23)36(39)28(24)31)21-10-9-19-7-4-5-8-20(19)15-21/h4-5,7-12,15-17,25-26,34,39H,6,13-14,18H2,1-3H3/q+1/t25-,26?,32+,33?/m1/s1. The molecule has 6 heteroatoms. The number of nitrogens with zero attached hydrogens (tertiary/aromatic N) is 2. The molecule has 0 radical (unpaired) electrons. The van der Waals surface area contributed by atoms with Crippen molar-refractivity contribution in [3.05, 3.63) is 72.3 Å². The highest BCUT2D eigenvalue weighted by Crippen LogP contribution is 2.64. The third-order valence-corrected chi connectivity index (χ3v) is 10.7. The van der Waals surface area contributed by atoms with Crippen LogP contribution in [0.1, 0.15) is 38.7 Å². The van der Waals surface area contributed by atoms with Crippen molar-refractivity contribution in [3.8, 4) is 11.1 Å². The number of fused-ring (bicyclic) bond motifs is 5. The number of carbonyl (C=O) groups is 2. The second-order valence-corrected chi connectivity index (χ2v) is 12.5. The van der Waals surface area contributed by atoms with E-state index < -0.39 is 16.5 Å². The van der Waals surface area contributed by atoms with Crippen LogP contribution < -0.4 is 5.32 Å². The Hall–Kier alpha value is -3.77. The zero-order valence-electron chi connectivity index (χ0n) is 22.5. The molecule has 39 heavy (non-hydrogen) atoms. The summed E-state index contributed by atoms with van der Waals surface area (Å²) in [5, 5.41) is 17.4. The summed E-state index contributed by atoms with van der Waals surface area (Å²) < 4.78 is 1.34. The Morgan fingerprint density at radius 1 is 1.00 bits per heavy atom. The molecule has 3 aliphatic heterocycles. The van der Waals surface area contributed by atoms with Crippen LogP contribution in [0, 0.1) is 17.3 Å². The molecule has 0 bridgehead atoms. The predicted molar refractivity (Wildman–Crippen MR) is 150 cm³/mol. The lowest BCUT2D eigenvalue weighted by Gasteiger charge is -2.40. The van der Waals surface area contributed by atoms with E-state index in [2.05, 4.69) is 67.7 Å². The first kappa shape index (κ1) is 23.1. The van der Waals surface area contributed by atoms with Crippen molar-refractivity contribution >= 4 is 39.4 Å². The fourth-order valence-electron chi connectivity index (χ4n) is 8.64. The van der Waals surface area contributed by atoms with Crippen LogP contribution in [0.2, 0.25) is 0 Å². The van der Waals surface area contributed by atoms with Gasteiger partial charge < -0.3 is 10.2 Å². The maximum Gasteiger partial charge on any atom is 0.266 e. The van der Waals surface area contributed by atoms with Gasteiger partial charge >= 0.3 is 0 Å². The van der Waals surface area contributed by atoms with Gasteiger partial charge in [0, 0.05) is 17.3 Å². The smallest absolute Gasteiger partial charge is 0.266 e. The van der Waals surface area contributed by atoms with E-state index in [0.29, 0.717) is 13.0 Å². The van der Waals surface area contributed by atoms with Crippen molar-refractivity contribution < 1.29 is 19.5 Å². The van der Waals surface area contributed by atoms with Crippen molar-refractivity contribution in [2.24, 2.45) is 17.3 Å². The van der Waals surface area contributed by atoms with Crippen molar-refractivity contribution in [3.63, 3.8) is 0 Å². The number of amides is 1. The van der Waals surface area contributed by atoms with Gasteiger partial charge in [0.1, 0.15) is 11.1 Å². The van der Waals surface area contributed by atoms with Crippen LogP contribution >= 0.6 is 0 Å². The summed E-state index contributed by atoms with van der Waals surface area (Å²) in [6.07, 6.45) is 4.27. The highest BCUT2D eigenvalue weighted by atomic mass is 16.5. The summed E-state index contributed by atoms with van der Waals surface area (Å²) in [7, 11) is 1.86. The number of hydrogen-bond donors (Lipinski definition) is 2. The van der Waals surface area contributed by atoms with Crippen LogP contribution in [-0.2, 0) is 9.59 Å². The highest BCUT2D eigenvalue weighted by Gasteiger charge is 2.83. The van der Waals surface area contributed by atoms with E-state index in [-0.39, 0.29) is 23.5 Å². The molecule has 2 saturated heterocycles. The molecule has 3 aromatic rings. The lowest BCUT2D eigenvalue weighted by atomic mass is 9.60. The number of allylic oxidation sites excluding steroid dienone is 1. The minimum absolute atomic E-state index is 0.0609. The monoisotopic (exact) mass is 518 g/mol. The van der Waals surface area contributed by atoms with E-state index in [9.17, 15) is 14.8 Å². The van der Waals surface area contributed by atoms with Crippen molar-refractivity contribution in [1.82, 2.24) is 10.2 Å². The second-order valence-electron chi connectivity index (χ2n) is 12.5. The van der Waals surface area contributed by atoms with Crippen LogP contribution in [0.4, 0.5) is 5.69 Å². The van der Waals surface area contributed by atoms with Gasteiger partial charge in [-0.25, -0.2) is 0 Å². The Morgan fingerprint density at radius 3 is 2.54 bits per heavy atom. The van der Waals surface area contributed by atoms with Gasteiger partial charge in [0.05, 0.1) is 22.5 Å². The minimum atomic E-state index is -0.698. The first-order valence-corrected chi connectivity index (χ1v) is 14.0. The minimum Gasteiger partial charge on any atom is -0.327 e. The van der Waals surface area contributed by atoms with Gasteiger partial charge in [0.25, 0.3) is 5.69 Å². The highest BCUT2D eigenvalue weighted by molar-refractivity contribution is 6.29. The Morgan fingerprint density at radius 2 is 1.74 bits per heavy atom. The zero-order valence-corrected chi connectivity index (χ0v) is 22.5. The number of nitrogens with one attached hydrogen (secondary N) is 1. The van der Waals surface area contributed by atoms with Gasteiger partial charge in [-0.15, -0.1) is 0 Å². The third-order valence-electron chi connectivity index (χ3n) is 10.7.